The molecule has 0 aliphatic carbocycles. The highest BCUT2D eigenvalue weighted by molar-refractivity contribution is 9.10. The number of benzene rings is 1. The summed E-state index contributed by atoms with van der Waals surface area (Å²) < 4.78 is 13.3. The van der Waals surface area contributed by atoms with Gasteiger partial charge in [-0.25, -0.2) is 9.37 Å². The van der Waals surface area contributed by atoms with Crippen LogP contribution in [0.5, 0.6) is 0 Å². The number of halogens is 2. The van der Waals surface area contributed by atoms with Crippen LogP contribution in [0.2, 0.25) is 0 Å². The minimum Gasteiger partial charge on any atom is -0.383 e. The van der Waals surface area contributed by atoms with Crippen molar-refractivity contribution in [3.8, 4) is 0 Å². The number of anilines is 1. The molecular formula is C12H8BrFN2O. The molecule has 1 aromatic heterocycles. The Labute approximate surface area is 106 Å². The molecule has 2 rings (SSSR count). The maximum Gasteiger partial charge on any atom is 0.196 e. The first-order chi connectivity index (χ1) is 8.09. The number of carbonyl (C=O) groups is 1. The van der Waals surface area contributed by atoms with Crippen LogP contribution in [0, 0.1) is 5.82 Å². The summed E-state index contributed by atoms with van der Waals surface area (Å²) in [5.41, 5.74) is 6.28. The first-order valence-electron chi connectivity index (χ1n) is 4.80. The van der Waals surface area contributed by atoms with Crippen molar-refractivity contribution in [2.45, 2.75) is 0 Å². The van der Waals surface area contributed by atoms with Crippen LogP contribution < -0.4 is 5.73 Å². The number of nitrogens with zero attached hydrogens (tertiary/aromatic N) is 1. The van der Waals surface area contributed by atoms with E-state index < -0.39 is 5.82 Å². The van der Waals surface area contributed by atoms with Gasteiger partial charge in [0, 0.05) is 11.8 Å². The first-order valence-corrected chi connectivity index (χ1v) is 5.59. The van der Waals surface area contributed by atoms with Gasteiger partial charge in [-0.3, -0.25) is 4.79 Å². The molecule has 0 radical (unpaired) electrons. The van der Waals surface area contributed by atoms with Crippen LogP contribution in [0.1, 0.15) is 15.9 Å². The largest absolute Gasteiger partial charge is 0.383 e. The molecule has 86 valence electrons. The smallest absolute Gasteiger partial charge is 0.196 e. The molecule has 0 spiro atoms. The minimum absolute atomic E-state index is 0.165. The third kappa shape index (κ3) is 2.34. The van der Waals surface area contributed by atoms with Crippen LogP contribution in [0.4, 0.5) is 10.2 Å². The van der Waals surface area contributed by atoms with Gasteiger partial charge in [0.05, 0.1) is 10.0 Å². The molecule has 0 atom stereocenters. The van der Waals surface area contributed by atoms with Gasteiger partial charge in [0.25, 0.3) is 0 Å². The second-order valence-electron chi connectivity index (χ2n) is 3.39. The lowest BCUT2D eigenvalue weighted by molar-refractivity contribution is 0.103. The van der Waals surface area contributed by atoms with E-state index in [1.165, 1.54) is 24.4 Å². The van der Waals surface area contributed by atoms with Gasteiger partial charge in [0.2, 0.25) is 0 Å². The number of ketones is 1. The number of hydrogen-bond acceptors (Lipinski definition) is 3. The molecule has 1 aromatic carbocycles. The Balaban J connectivity index is 2.44. The molecule has 3 nitrogen and oxygen atoms in total. The molecule has 0 aliphatic rings. The molecule has 2 N–H and O–H groups in total. The Morgan fingerprint density at radius 1 is 1.35 bits per heavy atom. The highest BCUT2D eigenvalue weighted by Gasteiger charge is 2.13. The van der Waals surface area contributed by atoms with Gasteiger partial charge in [-0.2, -0.15) is 0 Å². The average molecular weight is 295 g/mol. The molecule has 0 saturated carbocycles. The fourth-order valence-corrected chi connectivity index (χ4v) is 1.78. The Bertz CT molecular complexity index is 586. The van der Waals surface area contributed by atoms with Crippen molar-refractivity contribution in [2.24, 2.45) is 0 Å². The van der Waals surface area contributed by atoms with Crippen LogP contribution in [-0.4, -0.2) is 10.8 Å². The zero-order valence-corrected chi connectivity index (χ0v) is 10.2. The van der Waals surface area contributed by atoms with Gasteiger partial charge in [-0.05, 0) is 46.3 Å². The van der Waals surface area contributed by atoms with E-state index in [9.17, 15) is 9.18 Å². The third-order valence-corrected chi connectivity index (χ3v) is 2.87. The molecule has 0 saturated heterocycles. The molecule has 1 heterocycles. The van der Waals surface area contributed by atoms with Gasteiger partial charge < -0.3 is 5.73 Å². The number of nitrogen functional groups attached to an aromatic ring is 1. The monoisotopic (exact) mass is 294 g/mol. The van der Waals surface area contributed by atoms with Gasteiger partial charge in [0.1, 0.15) is 11.6 Å². The molecule has 5 heteroatoms. The first kappa shape index (κ1) is 11.7. The van der Waals surface area contributed by atoms with Crippen LogP contribution in [0.3, 0.4) is 0 Å². The standard InChI is InChI=1S/C12H8BrFN2O/c13-9-6-7(3-4-10(9)14)11(17)8-2-1-5-16-12(8)15/h1-6H,(H2,15,16). The van der Waals surface area contributed by atoms with E-state index in [4.69, 9.17) is 5.73 Å². The molecular weight excluding hydrogens is 287 g/mol. The lowest BCUT2D eigenvalue weighted by Crippen LogP contribution is -2.06. The average Bonchev–Trinajstić information content (AvgIpc) is 2.32. The molecule has 2 aromatic rings. The fourth-order valence-electron chi connectivity index (χ4n) is 1.40. The normalized spacial score (nSPS) is 10.2. The summed E-state index contributed by atoms with van der Waals surface area (Å²) >= 11 is 3.03. The van der Waals surface area contributed by atoms with E-state index >= 15 is 0 Å². The summed E-state index contributed by atoms with van der Waals surface area (Å²) in [5, 5.41) is 0. The maximum atomic E-state index is 13.0. The van der Waals surface area contributed by atoms with Crippen molar-refractivity contribution in [3.63, 3.8) is 0 Å². The van der Waals surface area contributed by atoms with E-state index in [1.54, 1.807) is 12.1 Å². The van der Waals surface area contributed by atoms with Crippen molar-refractivity contribution in [1.29, 1.82) is 0 Å². The van der Waals surface area contributed by atoms with Crippen molar-refractivity contribution < 1.29 is 9.18 Å². The van der Waals surface area contributed by atoms with E-state index in [2.05, 4.69) is 20.9 Å². The summed E-state index contributed by atoms with van der Waals surface area (Å²) in [6, 6.07) is 7.27. The van der Waals surface area contributed by atoms with E-state index in [0.29, 0.717) is 11.1 Å². The third-order valence-electron chi connectivity index (χ3n) is 2.26. The predicted octanol–water partition coefficient (Wildman–Crippen LogP) is 2.80. The second-order valence-corrected chi connectivity index (χ2v) is 4.25. The van der Waals surface area contributed by atoms with Crippen LogP contribution >= 0.6 is 15.9 Å². The number of nitrogens with two attached hydrogens (primary N) is 1. The van der Waals surface area contributed by atoms with E-state index in [1.807, 2.05) is 0 Å². The topological polar surface area (TPSA) is 56.0 Å². The number of aromatic nitrogens is 1. The molecule has 0 unspecified atom stereocenters. The molecule has 0 aliphatic heterocycles. The van der Waals surface area contributed by atoms with Gasteiger partial charge >= 0.3 is 0 Å². The zero-order valence-electron chi connectivity index (χ0n) is 8.65. The number of carbonyl (C=O) groups excluding carboxylic acids is 1. The lowest BCUT2D eigenvalue weighted by Gasteiger charge is -2.04. The maximum absolute atomic E-state index is 13.0. The Kier molecular flexibility index (Phi) is 3.19. The molecule has 17 heavy (non-hydrogen) atoms. The van der Waals surface area contributed by atoms with Gasteiger partial charge in [-0.15, -0.1) is 0 Å². The number of hydrogen-bond donors (Lipinski definition) is 1. The van der Waals surface area contributed by atoms with Gasteiger partial charge in [-0.1, -0.05) is 0 Å². The summed E-state index contributed by atoms with van der Waals surface area (Å²) in [7, 11) is 0. The molecule has 0 amide bonds. The summed E-state index contributed by atoms with van der Waals surface area (Å²) in [4.78, 5) is 15.9. The Morgan fingerprint density at radius 3 is 2.76 bits per heavy atom. The van der Waals surface area contributed by atoms with Crippen molar-refractivity contribution in [3.05, 3.63) is 57.9 Å². The molecule has 0 bridgehead atoms. The van der Waals surface area contributed by atoms with Crippen molar-refractivity contribution in [1.82, 2.24) is 4.98 Å². The van der Waals surface area contributed by atoms with Crippen LogP contribution in [0.15, 0.2) is 41.0 Å². The Hall–Kier alpha value is -1.75. The predicted molar refractivity (Wildman–Crippen MR) is 66.2 cm³/mol. The fraction of sp³-hybridized carbons (Fsp3) is 0. The Morgan fingerprint density at radius 2 is 2.12 bits per heavy atom. The highest BCUT2D eigenvalue weighted by Crippen LogP contribution is 2.20. The van der Waals surface area contributed by atoms with Crippen molar-refractivity contribution in [2.75, 3.05) is 5.73 Å². The van der Waals surface area contributed by atoms with Crippen LogP contribution in [-0.2, 0) is 0 Å². The van der Waals surface area contributed by atoms with Gasteiger partial charge in [0.15, 0.2) is 5.78 Å². The summed E-state index contributed by atoms with van der Waals surface area (Å²) in [6.45, 7) is 0. The zero-order chi connectivity index (χ0) is 12.4. The minimum atomic E-state index is -0.416. The quantitative estimate of drug-likeness (QED) is 0.867. The summed E-state index contributed by atoms with van der Waals surface area (Å²) in [6.07, 6.45) is 1.51. The summed E-state index contributed by atoms with van der Waals surface area (Å²) in [5.74, 6) is -0.532. The second kappa shape index (κ2) is 4.63. The van der Waals surface area contributed by atoms with Crippen molar-refractivity contribution >= 4 is 27.5 Å². The van der Waals surface area contributed by atoms with Crippen LogP contribution in [0.25, 0.3) is 0 Å². The van der Waals surface area contributed by atoms with E-state index in [0.717, 1.165) is 0 Å². The SMILES string of the molecule is Nc1ncccc1C(=O)c1ccc(F)c(Br)c1. The number of rotatable bonds is 2. The lowest BCUT2D eigenvalue weighted by atomic mass is 10.0. The highest BCUT2D eigenvalue weighted by atomic mass is 79.9. The van der Waals surface area contributed by atoms with E-state index in [-0.39, 0.29) is 16.1 Å². The molecule has 0 fully saturated rings. The number of pyridine rings is 1.